The van der Waals surface area contributed by atoms with Gasteiger partial charge in [-0.3, -0.25) is 0 Å². The Morgan fingerprint density at radius 1 is 1.07 bits per heavy atom. The van der Waals surface area contributed by atoms with Crippen LogP contribution < -0.4 is 10.6 Å². The SMILES string of the molecule is Oc1cc(O)cc([C@@H]2CNCCN2)c1. The van der Waals surface area contributed by atoms with E-state index in [4.69, 9.17) is 0 Å². The van der Waals surface area contributed by atoms with Gasteiger partial charge in [-0.05, 0) is 17.7 Å². The van der Waals surface area contributed by atoms with Crippen LogP contribution in [0, 0.1) is 0 Å². The minimum atomic E-state index is 0.104. The van der Waals surface area contributed by atoms with Crippen LogP contribution in [-0.2, 0) is 0 Å². The number of phenols is 2. The van der Waals surface area contributed by atoms with Gasteiger partial charge in [-0.2, -0.15) is 0 Å². The van der Waals surface area contributed by atoms with Gasteiger partial charge in [0.15, 0.2) is 0 Å². The summed E-state index contributed by atoms with van der Waals surface area (Å²) < 4.78 is 0. The third-order valence-electron chi connectivity index (χ3n) is 2.37. The minimum Gasteiger partial charge on any atom is -0.508 e. The average molecular weight is 194 g/mol. The van der Waals surface area contributed by atoms with Crippen molar-refractivity contribution in [1.29, 1.82) is 0 Å². The van der Waals surface area contributed by atoms with Gasteiger partial charge in [0.1, 0.15) is 11.5 Å². The molecule has 0 amide bonds. The van der Waals surface area contributed by atoms with E-state index >= 15 is 0 Å². The van der Waals surface area contributed by atoms with Gasteiger partial charge in [-0.25, -0.2) is 0 Å². The largest absolute Gasteiger partial charge is 0.508 e. The fourth-order valence-corrected chi connectivity index (χ4v) is 1.71. The van der Waals surface area contributed by atoms with Crippen molar-refractivity contribution < 1.29 is 10.2 Å². The van der Waals surface area contributed by atoms with Crippen LogP contribution in [0.4, 0.5) is 0 Å². The quantitative estimate of drug-likeness (QED) is 0.520. The molecule has 1 fully saturated rings. The van der Waals surface area contributed by atoms with Crippen LogP contribution in [0.25, 0.3) is 0 Å². The van der Waals surface area contributed by atoms with Crippen molar-refractivity contribution in [1.82, 2.24) is 10.6 Å². The molecule has 0 bridgehead atoms. The lowest BCUT2D eigenvalue weighted by molar-refractivity contribution is 0.418. The smallest absolute Gasteiger partial charge is 0.119 e. The highest BCUT2D eigenvalue weighted by Gasteiger charge is 2.15. The highest BCUT2D eigenvalue weighted by Crippen LogP contribution is 2.24. The topological polar surface area (TPSA) is 64.5 Å². The summed E-state index contributed by atoms with van der Waals surface area (Å²) in [4.78, 5) is 0. The second-order valence-electron chi connectivity index (χ2n) is 3.49. The van der Waals surface area contributed by atoms with Crippen molar-refractivity contribution in [3.63, 3.8) is 0 Å². The van der Waals surface area contributed by atoms with Crippen LogP contribution in [0.2, 0.25) is 0 Å². The molecule has 4 heteroatoms. The molecule has 1 aliphatic heterocycles. The lowest BCUT2D eigenvalue weighted by atomic mass is 10.0. The first-order chi connectivity index (χ1) is 6.75. The maximum Gasteiger partial charge on any atom is 0.119 e. The van der Waals surface area contributed by atoms with Crippen molar-refractivity contribution in [3.05, 3.63) is 23.8 Å². The molecule has 0 spiro atoms. The van der Waals surface area contributed by atoms with Crippen molar-refractivity contribution in [2.45, 2.75) is 6.04 Å². The van der Waals surface area contributed by atoms with E-state index in [2.05, 4.69) is 10.6 Å². The van der Waals surface area contributed by atoms with E-state index in [0.717, 1.165) is 25.2 Å². The Morgan fingerprint density at radius 3 is 2.36 bits per heavy atom. The lowest BCUT2D eigenvalue weighted by Crippen LogP contribution is -2.42. The summed E-state index contributed by atoms with van der Waals surface area (Å²) in [7, 11) is 0. The molecule has 14 heavy (non-hydrogen) atoms. The predicted molar refractivity (Wildman–Crippen MR) is 53.4 cm³/mol. The summed E-state index contributed by atoms with van der Waals surface area (Å²) in [6, 6.07) is 4.84. The van der Waals surface area contributed by atoms with E-state index in [1.54, 1.807) is 12.1 Å². The van der Waals surface area contributed by atoms with Crippen LogP contribution in [0.15, 0.2) is 18.2 Å². The molecule has 0 radical (unpaired) electrons. The van der Waals surface area contributed by atoms with Crippen LogP contribution in [0.3, 0.4) is 0 Å². The van der Waals surface area contributed by atoms with E-state index in [9.17, 15) is 10.2 Å². The summed E-state index contributed by atoms with van der Waals surface area (Å²) in [5.74, 6) is 0.208. The zero-order valence-electron chi connectivity index (χ0n) is 7.83. The van der Waals surface area contributed by atoms with Crippen LogP contribution >= 0.6 is 0 Å². The first kappa shape index (κ1) is 9.30. The molecule has 2 rings (SSSR count). The van der Waals surface area contributed by atoms with Gasteiger partial charge in [0.2, 0.25) is 0 Å². The van der Waals surface area contributed by atoms with Crippen LogP contribution in [-0.4, -0.2) is 29.8 Å². The molecule has 76 valence electrons. The van der Waals surface area contributed by atoms with Crippen LogP contribution in [0.1, 0.15) is 11.6 Å². The standard InChI is InChI=1S/C10H14N2O2/c13-8-3-7(4-9(14)5-8)10-6-11-1-2-12-10/h3-5,10-14H,1-2,6H2/t10-/m0/s1. The monoisotopic (exact) mass is 194 g/mol. The first-order valence-corrected chi connectivity index (χ1v) is 4.73. The minimum absolute atomic E-state index is 0.104. The summed E-state index contributed by atoms with van der Waals surface area (Å²) in [5, 5.41) is 25.2. The van der Waals surface area contributed by atoms with E-state index in [1.807, 2.05) is 0 Å². The number of piperazine rings is 1. The molecule has 1 aromatic carbocycles. The number of hydrogen-bond donors (Lipinski definition) is 4. The summed E-state index contributed by atoms with van der Waals surface area (Å²) in [6.07, 6.45) is 0. The zero-order valence-corrected chi connectivity index (χ0v) is 7.83. The van der Waals surface area contributed by atoms with Crippen molar-refractivity contribution in [3.8, 4) is 11.5 Å². The van der Waals surface area contributed by atoms with Crippen LogP contribution in [0.5, 0.6) is 11.5 Å². The molecular formula is C10H14N2O2. The van der Waals surface area contributed by atoms with Crippen molar-refractivity contribution >= 4 is 0 Å². The first-order valence-electron chi connectivity index (χ1n) is 4.73. The Labute approximate surface area is 82.6 Å². The average Bonchev–Trinajstić information content (AvgIpc) is 2.18. The Balaban J connectivity index is 2.21. The van der Waals surface area contributed by atoms with Gasteiger partial charge < -0.3 is 20.8 Å². The second-order valence-corrected chi connectivity index (χ2v) is 3.49. The normalized spacial score (nSPS) is 22.1. The Kier molecular flexibility index (Phi) is 2.56. The number of aromatic hydroxyl groups is 2. The van der Waals surface area contributed by atoms with E-state index in [-0.39, 0.29) is 17.5 Å². The number of benzene rings is 1. The molecular weight excluding hydrogens is 180 g/mol. The van der Waals surface area contributed by atoms with Gasteiger partial charge >= 0.3 is 0 Å². The van der Waals surface area contributed by atoms with Gasteiger partial charge in [0.25, 0.3) is 0 Å². The maximum atomic E-state index is 9.32. The highest BCUT2D eigenvalue weighted by atomic mass is 16.3. The number of nitrogens with one attached hydrogen (secondary N) is 2. The summed E-state index contributed by atoms with van der Waals surface area (Å²) in [6.45, 7) is 2.69. The van der Waals surface area contributed by atoms with E-state index in [0.29, 0.717) is 0 Å². The molecule has 0 saturated carbocycles. The molecule has 4 N–H and O–H groups in total. The molecule has 0 unspecified atom stereocenters. The van der Waals surface area contributed by atoms with Crippen molar-refractivity contribution in [2.75, 3.05) is 19.6 Å². The lowest BCUT2D eigenvalue weighted by Gasteiger charge is -2.25. The fourth-order valence-electron chi connectivity index (χ4n) is 1.71. The highest BCUT2D eigenvalue weighted by molar-refractivity contribution is 5.38. The van der Waals surface area contributed by atoms with Crippen molar-refractivity contribution in [2.24, 2.45) is 0 Å². The molecule has 0 aliphatic carbocycles. The van der Waals surface area contributed by atoms with Gasteiger partial charge in [-0.1, -0.05) is 0 Å². The molecule has 1 saturated heterocycles. The third kappa shape index (κ3) is 1.97. The molecule has 1 atom stereocenters. The Hall–Kier alpha value is -1.26. The molecule has 1 heterocycles. The Morgan fingerprint density at radius 2 is 1.79 bits per heavy atom. The summed E-state index contributed by atoms with van der Waals surface area (Å²) >= 11 is 0. The number of rotatable bonds is 1. The third-order valence-corrected chi connectivity index (χ3v) is 2.37. The molecule has 4 nitrogen and oxygen atoms in total. The second kappa shape index (κ2) is 3.86. The Bertz CT molecular complexity index is 302. The molecule has 1 aromatic rings. The number of hydrogen-bond acceptors (Lipinski definition) is 4. The predicted octanol–water partition coefficient (Wildman–Crippen LogP) is 0.332. The number of phenolic OH excluding ortho intramolecular Hbond substituents is 2. The summed E-state index contributed by atoms with van der Waals surface area (Å²) in [5.41, 5.74) is 0.912. The maximum absolute atomic E-state index is 9.32. The van der Waals surface area contributed by atoms with E-state index < -0.39 is 0 Å². The van der Waals surface area contributed by atoms with Gasteiger partial charge in [0.05, 0.1) is 0 Å². The zero-order chi connectivity index (χ0) is 9.97. The fraction of sp³-hybridized carbons (Fsp3) is 0.400. The van der Waals surface area contributed by atoms with Gasteiger partial charge in [-0.15, -0.1) is 0 Å². The molecule has 0 aromatic heterocycles. The van der Waals surface area contributed by atoms with Gasteiger partial charge in [0, 0.05) is 31.7 Å². The van der Waals surface area contributed by atoms with E-state index in [1.165, 1.54) is 6.07 Å². The molecule has 1 aliphatic rings.